The molecule has 0 saturated carbocycles. The smallest absolute Gasteiger partial charge is 0.0992 e. The van der Waals surface area contributed by atoms with Crippen molar-refractivity contribution in [3.63, 3.8) is 0 Å². The van der Waals surface area contributed by atoms with Crippen LogP contribution in [0.4, 0.5) is 0 Å². The molecule has 3 heteroatoms. The highest BCUT2D eigenvalue weighted by molar-refractivity contribution is 9.10. The van der Waals surface area contributed by atoms with Gasteiger partial charge in [-0.1, -0.05) is 33.8 Å². The first kappa shape index (κ1) is 14.3. The van der Waals surface area contributed by atoms with Crippen LogP contribution in [0.25, 0.3) is 5.69 Å². The fourth-order valence-electron chi connectivity index (χ4n) is 2.29. The molecule has 0 saturated heterocycles. The van der Waals surface area contributed by atoms with Gasteiger partial charge in [0.15, 0.2) is 0 Å². The van der Waals surface area contributed by atoms with Crippen molar-refractivity contribution in [2.45, 2.75) is 40.0 Å². The number of halogens is 1. The lowest BCUT2D eigenvalue weighted by Gasteiger charge is -2.18. The molecule has 1 aromatic carbocycles. The highest BCUT2D eigenvalue weighted by atomic mass is 79.9. The number of benzene rings is 1. The molecule has 0 bridgehead atoms. The van der Waals surface area contributed by atoms with Crippen LogP contribution >= 0.6 is 15.9 Å². The standard InChI is InChI=1S/C16H21BrN2/c1-11(2)7-14-8-13(12(3)4)9-15(17)16(14)19-6-5-18-10-19/h5-6,8-12H,7H2,1-4H3. The van der Waals surface area contributed by atoms with Gasteiger partial charge in [-0.05, 0) is 51.4 Å². The van der Waals surface area contributed by atoms with Crippen molar-refractivity contribution >= 4 is 15.9 Å². The minimum absolute atomic E-state index is 0.541. The normalized spacial score (nSPS) is 11.5. The zero-order valence-electron chi connectivity index (χ0n) is 12.0. The van der Waals surface area contributed by atoms with Gasteiger partial charge in [0, 0.05) is 16.9 Å². The summed E-state index contributed by atoms with van der Waals surface area (Å²) in [6, 6.07) is 4.56. The molecule has 102 valence electrons. The number of rotatable bonds is 4. The van der Waals surface area contributed by atoms with Gasteiger partial charge in [-0.15, -0.1) is 0 Å². The number of nitrogens with zero attached hydrogens (tertiary/aromatic N) is 2. The van der Waals surface area contributed by atoms with Gasteiger partial charge in [0.1, 0.15) is 0 Å². The third-order valence-electron chi connectivity index (χ3n) is 3.22. The summed E-state index contributed by atoms with van der Waals surface area (Å²) in [7, 11) is 0. The average Bonchev–Trinajstić information content (AvgIpc) is 2.80. The Balaban J connectivity index is 2.57. The van der Waals surface area contributed by atoms with Crippen LogP contribution in [0.5, 0.6) is 0 Å². The summed E-state index contributed by atoms with van der Waals surface area (Å²) in [5, 5.41) is 0. The number of imidazole rings is 1. The van der Waals surface area contributed by atoms with Gasteiger partial charge in [0.05, 0.1) is 12.0 Å². The lowest BCUT2D eigenvalue weighted by Crippen LogP contribution is -2.05. The molecule has 0 fully saturated rings. The van der Waals surface area contributed by atoms with Crippen molar-refractivity contribution in [2.75, 3.05) is 0 Å². The molecule has 0 aliphatic heterocycles. The molecular weight excluding hydrogens is 300 g/mol. The largest absolute Gasteiger partial charge is 0.305 e. The van der Waals surface area contributed by atoms with Gasteiger partial charge in [-0.2, -0.15) is 0 Å². The second-order valence-electron chi connectivity index (χ2n) is 5.73. The number of hydrogen-bond donors (Lipinski definition) is 0. The lowest BCUT2D eigenvalue weighted by molar-refractivity contribution is 0.643. The average molecular weight is 321 g/mol. The van der Waals surface area contributed by atoms with E-state index in [1.807, 2.05) is 18.7 Å². The van der Waals surface area contributed by atoms with Crippen molar-refractivity contribution in [2.24, 2.45) is 5.92 Å². The summed E-state index contributed by atoms with van der Waals surface area (Å²) >= 11 is 3.73. The fraction of sp³-hybridized carbons (Fsp3) is 0.438. The summed E-state index contributed by atoms with van der Waals surface area (Å²) < 4.78 is 3.23. The summed E-state index contributed by atoms with van der Waals surface area (Å²) in [5.41, 5.74) is 3.98. The molecule has 0 spiro atoms. The van der Waals surface area contributed by atoms with Crippen LogP contribution in [0, 0.1) is 5.92 Å². The Morgan fingerprint density at radius 3 is 2.47 bits per heavy atom. The van der Waals surface area contributed by atoms with E-state index in [0.29, 0.717) is 11.8 Å². The molecule has 2 nitrogen and oxygen atoms in total. The molecule has 0 unspecified atom stereocenters. The van der Waals surface area contributed by atoms with Crippen LogP contribution in [0.15, 0.2) is 35.3 Å². The van der Waals surface area contributed by atoms with Crippen molar-refractivity contribution in [1.29, 1.82) is 0 Å². The molecule has 0 amide bonds. The van der Waals surface area contributed by atoms with E-state index in [1.54, 1.807) is 0 Å². The highest BCUT2D eigenvalue weighted by Gasteiger charge is 2.13. The molecule has 0 N–H and O–H groups in total. The van der Waals surface area contributed by atoms with Gasteiger partial charge in [-0.25, -0.2) is 4.98 Å². The van der Waals surface area contributed by atoms with Crippen LogP contribution in [0.3, 0.4) is 0 Å². The summed E-state index contributed by atoms with van der Waals surface area (Å²) in [4.78, 5) is 4.16. The third kappa shape index (κ3) is 3.27. The zero-order chi connectivity index (χ0) is 14.0. The van der Waals surface area contributed by atoms with Crippen molar-refractivity contribution in [1.82, 2.24) is 9.55 Å². The van der Waals surface area contributed by atoms with Gasteiger partial charge >= 0.3 is 0 Å². The van der Waals surface area contributed by atoms with Crippen LogP contribution in [0.1, 0.15) is 44.7 Å². The first-order valence-corrected chi connectivity index (χ1v) is 7.59. The molecular formula is C16H21BrN2. The summed E-state index contributed by atoms with van der Waals surface area (Å²) in [6.45, 7) is 8.98. The maximum Gasteiger partial charge on any atom is 0.0992 e. The van der Waals surface area contributed by atoms with E-state index in [9.17, 15) is 0 Å². The molecule has 19 heavy (non-hydrogen) atoms. The predicted octanol–water partition coefficient (Wildman–Crippen LogP) is 4.96. The SMILES string of the molecule is CC(C)Cc1cc(C(C)C)cc(Br)c1-n1ccnc1. The maximum atomic E-state index is 4.16. The second kappa shape index (κ2) is 5.91. The van der Waals surface area contributed by atoms with E-state index < -0.39 is 0 Å². The van der Waals surface area contributed by atoms with Gasteiger partial charge < -0.3 is 4.57 Å². The first-order chi connectivity index (χ1) is 8.99. The Labute approximate surface area is 124 Å². The van der Waals surface area contributed by atoms with E-state index in [1.165, 1.54) is 16.8 Å². The molecule has 2 rings (SSSR count). The minimum atomic E-state index is 0.541. The van der Waals surface area contributed by atoms with E-state index in [-0.39, 0.29) is 0 Å². The van der Waals surface area contributed by atoms with E-state index in [0.717, 1.165) is 10.9 Å². The molecule has 0 radical (unpaired) electrons. The lowest BCUT2D eigenvalue weighted by atomic mass is 9.95. The van der Waals surface area contributed by atoms with E-state index in [4.69, 9.17) is 0 Å². The fourth-order valence-corrected chi connectivity index (χ4v) is 3.01. The molecule has 1 aromatic heterocycles. The third-order valence-corrected chi connectivity index (χ3v) is 3.83. The van der Waals surface area contributed by atoms with Gasteiger partial charge in [0.25, 0.3) is 0 Å². The molecule has 0 atom stereocenters. The van der Waals surface area contributed by atoms with E-state index >= 15 is 0 Å². The molecule has 2 aromatic rings. The Morgan fingerprint density at radius 1 is 1.21 bits per heavy atom. The summed E-state index contributed by atoms with van der Waals surface area (Å²) in [5.74, 6) is 1.18. The van der Waals surface area contributed by atoms with Crippen LogP contribution in [-0.2, 0) is 6.42 Å². The topological polar surface area (TPSA) is 17.8 Å². The van der Waals surface area contributed by atoms with Crippen LogP contribution in [-0.4, -0.2) is 9.55 Å². The Kier molecular flexibility index (Phi) is 4.46. The second-order valence-corrected chi connectivity index (χ2v) is 6.59. The van der Waals surface area contributed by atoms with Gasteiger partial charge in [-0.3, -0.25) is 0 Å². The Hall–Kier alpha value is -1.09. The molecule has 0 aliphatic carbocycles. The maximum absolute atomic E-state index is 4.16. The Morgan fingerprint density at radius 2 is 1.95 bits per heavy atom. The van der Waals surface area contributed by atoms with Crippen molar-refractivity contribution in [3.05, 3.63) is 46.5 Å². The predicted molar refractivity (Wildman–Crippen MR) is 83.9 cm³/mol. The number of aromatic nitrogens is 2. The highest BCUT2D eigenvalue weighted by Crippen LogP contribution is 2.31. The summed E-state index contributed by atoms with van der Waals surface area (Å²) in [6.07, 6.45) is 6.76. The quantitative estimate of drug-likeness (QED) is 0.778. The van der Waals surface area contributed by atoms with Crippen LogP contribution < -0.4 is 0 Å². The van der Waals surface area contributed by atoms with E-state index in [2.05, 4.69) is 65.3 Å². The molecule has 0 aliphatic rings. The molecule has 1 heterocycles. The monoisotopic (exact) mass is 320 g/mol. The minimum Gasteiger partial charge on any atom is -0.305 e. The van der Waals surface area contributed by atoms with Gasteiger partial charge in [0.2, 0.25) is 0 Å². The first-order valence-electron chi connectivity index (χ1n) is 6.79. The van der Waals surface area contributed by atoms with Crippen LogP contribution in [0.2, 0.25) is 0 Å². The van der Waals surface area contributed by atoms with Crippen molar-refractivity contribution in [3.8, 4) is 5.69 Å². The Bertz CT molecular complexity index is 542. The van der Waals surface area contributed by atoms with Crippen molar-refractivity contribution < 1.29 is 0 Å². The zero-order valence-corrected chi connectivity index (χ0v) is 13.6. The number of hydrogen-bond acceptors (Lipinski definition) is 1.